The van der Waals surface area contributed by atoms with Gasteiger partial charge in [-0.1, -0.05) is 12.1 Å². The predicted octanol–water partition coefficient (Wildman–Crippen LogP) is 2.62. The lowest BCUT2D eigenvalue weighted by Gasteiger charge is -2.06. The van der Waals surface area contributed by atoms with E-state index in [0.29, 0.717) is 22.8 Å². The maximum absolute atomic E-state index is 11.5. The van der Waals surface area contributed by atoms with E-state index < -0.39 is 5.97 Å². The van der Waals surface area contributed by atoms with Crippen molar-refractivity contribution in [3.05, 3.63) is 60.0 Å². The summed E-state index contributed by atoms with van der Waals surface area (Å²) in [6.07, 6.45) is 1.67. The van der Waals surface area contributed by atoms with Crippen molar-refractivity contribution < 1.29 is 19.4 Å². The van der Waals surface area contributed by atoms with Crippen LogP contribution in [0.1, 0.15) is 16.2 Å². The second-order valence-electron chi connectivity index (χ2n) is 4.61. The van der Waals surface area contributed by atoms with Gasteiger partial charge in [0.25, 0.3) is 0 Å². The summed E-state index contributed by atoms with van der Waals surface area (Å²) >= 11 is 0. The van der Waals surface area contributed by atoms with E-state index in [0.717, 1.165) is 0 Å². The first kappa shape index (κ1) is 13.9. The number of carbonyl (C=O) groups is 1. The number of rotatable bonds is 5. The molecule has 0 saturated heterocycles. The van der Waals surface area contributed by atoms with Crippen LogP contribution < -0.4 is 9.47 Å². The molecule has 0 bridgehead atoms. The zero-order valence-electron chi connectivity index (χ0n) is 11.9. The Morgan fingerprint density at radius 2 is 2.05 bits per heavy atom. The van der Waals surface area contributed by atoms with Crippen molar-refractivity contribution in [2.24, 2.45) is 0 Å². The average molecular weight is 298 g/mol. The molecule has 3 aromatic rings. The number of imidazole rings is 1. The van der Waals surface area contributed by atoms with Crippen molar-refractivity contribution in [1.82, 2.24) is 9.38 Å². The molecule has 2 aromatic heterocycles. The average Bonchev–Trinajstić information content (AvgIpc) is 2.91. The van der Waals surface area contributed by atoms with E-state index in [1.165, 1.54) is 4.40 Å². The summed E-state index contributed by atoms with van der Waals surface area (Å²) in [6, 6.07) is 12.4. The van der Waals surface area contributed by atoms with Crippen LogP contribution in [0.2, 0.25) is 0 Å². The molecule has 6 nitrogen and oxygen atoms in total. The van der Waals surface area contributed by atoms with Crippen LogP contribution in [-0.4, -0.2) is 27.6 Å². The van der Waals surface area contributed by atoms with Gasteiger partial charge in [-0.15, -0.1) is 0 Å². The lowest BCUT2D eigenvalue weighted by Crippen LogP contribution is -2.07. The van der Waals surface area contributed by atoms with Gasteiger partial charge in [0.2, 0.25) is 0 Å². The number of nitrogens with zero attached hydrogens (tertiary/aromatic N) is 2. The Balaban J connectivity index is 1.90. The summed E-state index contributed by atoms with van der Waals surface area (Å²) in [7, 11) is 1.57. The Hall–Kier alpha value is -3.02. The van der Waals surface area contributed by atoms with Crippen LogP contribution in [0.4, 0.5) is 0 Å². The van der Waals surface area contributed by atoms with Crippen molar-refractivity contribution in [2.45, 2.75) is 6.61 Å². The molecular formula is C16H14N2O4. The summed E-state index contributed by atoms with van der Waals surface area (Å²) in [5.74, 6) is 0.224. The first-order valence-electron chi connectivity index (χ1n) is 6.65. The maximum Gasteiger partial charge on any atom is 0.354 e. The molecule has 0 spiro atoms. The Morgan fingerprint density at radius 3 is 2.82 bits per heavy atom. The van der Waals surface area contributed by atoms with Crippen LogP contribution >= 0.6 is 0 Å². The zero-order valence-corrected chi connectivity index (χ0v) is 11.9. The number of hydrogen-bond acceptors (Lipinski definition) is 4. The molecule has 1 N–H and O–H groups in total. The Labute approximate surface area is 126 Å². The highest BCUT2D eigenvalue weighted by atomic mass is 16.5. The number of pyridine rings is 1. The van der Waals surface area contributed by atoms with Crippen molar-refractivity contribution in [3.8, 4) is 11.5 Å². The van der Waals surface area contributed by atoms with Gasteiger partial charge in [-0.3, -0.25) is 4.40 Å². The molecule has 22 heavy (non-hydrogen) atoms. The molecule has 2 heterocycles. The second kappa shape index (κ2) is 5.77. The van der Waals surface area contributed by atoms with Crippen LogP contribution in [0, 0.1) is 0 Å². The number of ether oxygens (including phenoxy) is 2. The minimum atomic E-state index is -1.04. The van der Waals surface area contributed by atoms with Crippen molar-refractivity contribution in [3.63, 3.8) is 0 Å². The van der Waals surface area contributed by atoms with Crippen LogP contribution in [0.15, 0.2) is 48.7 Å². The van der Waals surface area contributed by atoms with Crippen molar-refractivity contribution in [2.75, 3.05) is 7.11 Å². The molecule has 112 valence electrons. The molecule has 0 fully saturated rings. The Kier molecular flexibility index (Phi) is 3.65. The van der Waals surface area contributed by atoms with E-state index in [2.05, 4.69) is 4.98 Å². The van der Waals surface area contributed by atoms with Crippen LogP contribution in [-0.2, 0) is 6.61 Å². The Bertz CT molecular complexity index is 826. The molecule has 6 heteroatoms. The molecule has 0 atom stereocenters. The fourth-order valence-corrected chi connectivity index (χ4v) is 2.21. The van der Waals surface area contributed by atoms with Gasteiger partial charge in [0, 0.05) is 12.3 Å². The summed E-state index contributed by atoms with van der Waals surface area (Å²) in [5, 5.41) is 9.40. The third-order valence-corrected chi connectivity index (χ3v) is 3.22. The standard InChI is InChI=1S/C16H14N2O4/c1-21-11-5-4-6-12(9-11)22-10-13-15(16(19)20)18-8-3-2-7-14(18)17-13/h2-9H,10H2,1H3,(H,19,20). The predicted molar refractivity (Wildman–Crippen MR) is 79.5 cm³/mol. The van der Waals surface area contributed by atoms with E-state index >= 15 is 0 Å². The fourth-order valence-electron chi connectivity index (χ4n) is 2.21. The van der Waals surface area contributed by atoms with E-state index in [9.17, 15) is 9.90 Å². The number of aromatic nitrogens is 2. The highest BCUT2D eigenvalue weighted by Crippen LogP contribution is 2.21. The lowest BCUT2D eigenvalue weighted by molar-refractivity contribution is 0.0686. The topological polar surface area (TPSA) is 73.1 Å². The normalized spacial score (nSPS) is 10.6. The van der Waals surface area contributed by atoms with Gasteiger partial charge >= 0.3 is 5.97 Å². The monoisotopic (exact) mass is 298 g/mol. The van der Waals surface area contributed by atoms with Gasteiger partial charge in [-0.2, -0.15) is 0 Å². The zero-order chi connectivity index (χ0) is 15.5. The highest BCUT2D eigenvalue weighted by Gasteiger charge is 2.18. The van der Waals surface area contributed by atoms with E-state index in [1.54, 1.807) is 55.8 Å². The number of carboxylic acid groups (broad SMARTS) is 1. The maximum atomic E-state index is 11.5. The van der Waals surface area contributed by atoms with Crippen LogP contribution in [0.5, 0.6) is 11.5 Å². The first-order chi connectivity index (χ1) is 10.7. The summed E-state index contributed by atoms with van der Waals surface area (Å²) in [6.45, 7) is 0.0660. The van der Waals surface area contributed by atoms with Crippen LogP contribution in [0.25, 0.3) is 5.65 Å². The molecule has 0 saturated carbocycles. The van der Waals surface area contributed by atoms with Crippen molar-refractivity contribution >= 4 is 11.6 Å². The minimum absolute atomic E-state index is 0.0660. The van der Waals surface area contributed by atoms with Gasteiger partial charge in [0.15, 0.2) is 5.69 Å². The second-order valence-corrected chi connectivity index (χ2v) is 4.61. The molecule has 0 aliphatic carbocycles. The molecular weight excluding hydrogens is 284 g/mol. The van der Waals surface area contributed by atoms with Crippen LogP contribution in [0.3, 0.4) is 0 Å². The highest BCUT2D eigenvalue weighted by molar-refractivity contribution is 5.88. The first-order valence-corrected chi connectivity index (χ1v) is 6.65. The SMILES string of the molecule is COc1cccc(OCc2nc3ccccn3c2C(=O)O)c1. The lowest BCUT2D eigenvalue weighted by atomic mass is 10.3. The van der Waals surface area contributed by atoms with E-state index in [4.69, 9.17) is 9.47 Å². The number of carboxylic acids is 1. The van der Waals surface area contributed by atoms with Gasteiger partial charge in [0.05, 0.1) is 7.11 Å². The van der Waals surface area contributed by atoms with Gasteiger partial charge < -0.3 is 14.6 Å². The van der Waals surface area contributed by atoms with Gasteiger partial charge in [0.1, 0.15) is 29.4 Å². The molecule has 0 aliphatic rings. The summed E-state index contributed by atoms with van der Waals surface area (Å²) < 4.78 is 12.3. The third-order valence-electron chi connectivity index (χ3n) is 3.22. The number of methoxy groups -OCH3 is 1. The largest absolute Gasteiger partial charge is 0.497 e. The smallest absolute Gasteiger partial charge is 0.354 e. The molecule has 3 rings (SSSR count). The third kappa shape index (κ3) is 2.58. The minimum Gasteiger partial charge on any atom is -0.497 e. The number of benzene rings is 1. The summed E-state index contributed by atoms with van der Waals surface area (Å²) in [5.41, 5.74) is 1.06. The van der Waals surface area contributed by atoms with Crippen molar-refractivity contribution in [1.29, 1.82) is 0 Å². The number of aromatic carboxylic acids is 1. The Morgan fingerprint density at radius 1 is 1.23 bits per heavy atom. The number of fused-ring (bicyclic) bond motifs is 1. The number of hydrogen-bond donors (Lipinski definition) is 1. The van der Waals surface area contributed by atoms with E-state index in [1.807, 2.05) is 0 Å². The van der Waals surface area contributed by atoms with Gasteiger partial charge in [-0.25, -0.2) is 9.78 Å². The quantitative estimate of drug-likeness (QED) is 0.784. The van der Waals surface area contributed by atoms with Gasteiger partial charge in [-0.05, 0) is 24.3 Å². The molecule has 0 aliphatic heterocycles. The molecule has 0 radical (unpaired) electrons. The molecule has 0 amide bonds. The summed E-state index contributed by atoms with van der Waals surface area (Å²) in [4.78, 5) is 15.8. The van der Waals surface area contributed by atoms with E-state index in [-0.39, 0.29) is 12.3 Å². The fraction of sp³-hybridized carbons (Fsp3) is 0.125. The molecule has 1 aromatic carbocycles. The molecule has 0 unspecified atom stereocenters.